The average Bonchev–Trinajstić information content (AvgIpc) is 3.04. The highest BCUT2D eigenvalue weighted by atomic mass is 32.2. The van der Waals surface area contributed by atoms with Gasteiger partial charge in [-0.1, -0.05) is 12.8 Å². The van der Waals surface area contributed by atoms with Gasteiger partial charge in [0.05, 0.1) is 4.90 Å². The molecule has 1 N–H and O–H groups in total. The third-order valence-corrected chi connectivity index (χ3v) is 7.76. The topological polar surface area (TPSA) is 90.0 Å². The molecule has 1 aromatic rings. The van der Waals surface area contributed by atoms with E-state index in [1.165, 1.54) is 0 Å². The van der Waals surface area contributed by atoms with Crippen LogP contribution < -0.4 is 5.32 Å². The standard InChI is InChI=1S/C21H32N4O4S/c1-23(2)21(27)24-15-11-17(12-16-24)20(26)22-18-7-9-19(10-8-18)30(28,29)25-13-5-3-4-6-14-25/h7-10,17H,3-6,11-16H2,1-2H3,(H,22,26). The van der Waals surface area contributed by atoms with Crippen molar-refractivity contribution in [2.24, 2.45) is 5.92 Å². The van der Waals surface area contributed by atoms with Crippen LogP contribution in [0.4, 0.5) is 10.5 Å². The molecule has 0 unspecified atom stereocenters. The van der Waals surface area contributed by atoms with Gasteiger partial charge in [-0.2, -0.15) is 4.31 Å². The lowest BCUT2D eigenvalue weighted by molar-refractivity contribution is -0.121. The molecule has 2 aliphatic heterocycles. The molecular weight excluding hydrogens is 404 g/mol. The summed E-state index contributed by atoms with van der Waals surface area (Å²) in [5.74, 6) is -0.244. The van der Waals surface area contributed by atoms with Crippen LogP contribution in [0.5, 0.6) is 0 Å². The first-order valence-corrected chi connectivity index (χ1v) is 12.1. The van der Waals surface area contributed by atoms with Gasteiger partial charge < -0.3 is 15.1 Å². The van der Waals surface area contributed by atoms with E-state index >= 15 is 0 Å². The minimum atomic E-state index is -3.49. The number of urea groups is 1. The van der Waals surface area contributed by atoms with E-state index in [0.29, 0.717) is 44.7 Å². The number of amides is 3. The number of likely N-dealkylation sites (tertiary alicyclic amines) is 1. The molecule has 8 nitrogen and oxygen atoms in total. The smallest absolute Gasteiger partial charge is 0.319 e. The lowest BCUT2D eigenvalue weighted by Gasteiger charge is -2.33. The van der Waals surface area contributed by atoms with E-state index in [4.69, 9.17) is 0 Å². The number of benzene rings is 1. The van der Waals surface area contributed by atoms with Crippen LogP contribution in [-0.2, 0) is 14.8 Å². The van der Waals surface area contributed by atoms with Gasteiger partial charge in [-0.3, -0.25) is 4.79 Å². The number of carbonyl (C=O) groups excluding carboxylic acids is 2. The molecule has 30 heavy (non-hydrogen) atoms. The zero-order valence-corrected chi connectivity index (χ0v) is 18.7. The number of carbonyl (C=O) groups is 2. The number of nitrogens with one attached hydrogen (secondary N) is 1. The van der Waals surface area contributed by atoms with Crippen molar-refractivity contribution in [3.05, 3.63) is 24.3 Å². The molecule has 166 valence electrons. The molecule has 3 rings (SSSR count). The molecule has 2 heterocycles. The zero-order valence-electron chi connectivity index (χ0n) is 17.8. The van der Waals surface area contributed by atoms with Gasteiger partial charge >= 0.3 is 6.03 Å². The molecule has 0 spiro atoms. The number of piperidine rings is 1. The van der Waals surface area contributed by atoms with E-state index in [1.54, 1.807) is 52.5 Å². The third kappa shape index (κ3) is 5.31. The molecule has 2 saturated heterocycles. The normalized spacial score (nSPS) is 19.2. The van der Waals surface area contributed by atoms with Crippen molar-refractivity contribution in [1.29, 1.82) is 0 Å². The molecule has 0 radical (unpaired) electrons. The quantitative estimate of drug-likeness (QED) is 0.786. The fourth-order valence-corrected chi connectivity index (χ4v) is 5.52. The van der Waals surface area contributed by atoms with Crippen molar-refractivity contribution in [1.82, 2.24) is 14.1 Å². The first-order chi connectivity index (χ1) is 14.3. The fraction of sp³-hybridized carbons (Fsp3) is 0.619. The lowest BCUT2D eigenvalue weighted by Crippen LogP contribution is -2.45. The maximum Gasteiger partial charge on any atom is 0.319 e. The second kappa shape index (κ2) is 9.78. The maximum atomic E-state index is 12.9. The van der Waals surface area contributed by atoms with Crippen LogP contribution in [0.3, 0.4) is 0 Å². The third-order valence-electron chi connectivity index (χ3n) is 5.84. The number of sulfonamides is 1. The highest BCUT2D eigenvalue weighted by molar-refractivity contribution is 7.89. The minimum Gasteiger partial charge on any atom is -0.331 e. The van der Waals surface area contributed by atoms with E-state index < -0.39 is 10.0 Å². The van der Waals surface area contributed by atoms with Gasteiger partial charge in [-0.15, -0.1) is 0 Å². The van der Waals surface area contributed by atoms with E-state index in [0.717, 1.165) is 25.7 Å². The highest BCUT2D eigenvalue weighted by Gasteiger charge is 2.28. The Bertz CT molecular complexity index is 838. The summed E-state index contributed by atoms with van der Waals surface area (Å²) in [5.41, 5.74) is 0.585. The highest BCUT2D eigenvalue weighted by Crippen LogP contribution is 2.23. The summed E-state index contributed by atoms with van der Waals surface area (Å²) in [7, 11) is -0.0531. The average molecular weight is 437 g/mol. The Kier molecular flexibility index (Phi) is 7.36. The van der Waals surface area contributed by atoms with E-state index in [1.807, 2.05) is 0 Å². The SMILES string of the molecule is CN(C)C(=O)N1CCC(C(=O)Nc2ccc(S(=O)(=O)N3CCCCCC3)cc2)CC1. The molecule has 0 bridgehead atoms. The molecule has 3 amide bonds. The van der Waals surface area contributed by atoms with Crippen molar-refractivity contribution in [2.75, 3.05) is 45.6 Å². The molecular formula is C21H32N4O4S. The van der Waals surface area contributed by atoms with Crippen molar-refractivity contribution in [2.45, 2.75) is 43.4 Å². The van der Waals surface area contributed by atoms with Crippen molar-refractivity contribution in [3.63, 3.8) is 0 Å². The second-order valence-electron chi connectivity index (χ2n) is 8.27. The predicted octanol–water partition coefficient (Wildman–Crippen LogP) is 2.58. The van der Waals surface area contributed by atoms with Crippen LogP contribution in [-0.4, -0.2) is 74.7 Å². The Morgan fingerprint density at radius 1 is 0.933 bits per heavy atom. The summed E-state index contributed by atoms with van der Waals surface area (Å²) in [6.45, 7) is 2.25. The Morgan fingerprint density at radius 2 is 1.50 bits per heavy atom. The van der Waals surface area contributed by atoms with Crippen molar-refractivity contribution in [3.8, 4) is 0 Å². The number of nitrogens with zero attached hydrogens (tertiary/aromatic N) is 3. The van der Waals surface area contributed by atoms with Crippen LogP contribution in [0.25, 0.3) is 0 Å². The molecule has 9 heteroatoms. The minimum absolute atomic E-state index is 0.0323. The summed E-state index contributed by atoms with van der Waals surface area (Å²) in [4.78, 5) is 28.2. The molecule has 0 aliphatic carbocycles. The van der Waals surface area contributed by atoms with Crippen LogP contribution in [0, 0.1) is 5.92 Å². The van der Waals surface area contributed by atoms with Gasteiger partial charge in [0.2, 0.25) is 15.9 Å². The summed E-state index contributed by atoms with van der Waals surface area (Å²) in [6, 6.07) is 6.39. The Labute approximate surface area is 179 Å². The molecule has 2 fully saturated rings. The fourth-order valence-electron chi connectivity index (χ4n) is 4.00. The second-order valence-corrected chi connectivity index (χ2v) is 10.2. The number of anilines is 1. The largest absolute Gasteiger partial charge is 0.331 e. The molecule has 0 aromatic heterocycles. The van der Waals surface area contributed by atoms with Crippen molar-refractivity contribution >= 4 is 27.6 Å². The Balaban J connectivity index is 1.57. The number of hydrogen-bond acceptors (Lipinski definition) is 4. The van der Waals surface area contributed by atoms with Gasteiger partial charge in [0.1, 0.15) is 0 Å². The van der Waals surface area contributed by atoms with E-state index in [2.05, 4.69) is 5.32 Å². The molecule has 0 saturated carbocycles. The van der Waals surface area contributed by atoms with E-state index in [9.17, 15) is 18.0 Å². The molecule has 1 aromatic carbocycles. The summed E-state index contributed by atoms with van der Waals surface area (Å²) in [5, 5.41) is 2.89. The number of rotatable bonds is 4. The first kappa shape index (κ1) is 22.6. The zero-order chi connectivity index (χ0) is 21.7. The molecule has 0 atom stereocenters. The van der Waals surface area contributed by atoms with Gasteiger partial charge in [0, 0.05) is 51.9 Å². The number of hydrogen-bond donors (Lipinski definition) is 1. The van der Waals surface area contributed by atoms with Gasteiger partial charge in [-0.05, 0) is 49.9 Å². The summed E-state index contributed by atoms with van der Waals surface area (Å²) >= 11 is 0. The van der Waals surface area contributed by atoms with Crippen LogP contribution in [0.1, 0.15) is 38.5 Å². The van der Waals surface area contributed by atoms with Crippen LogP contribution in [0.2, 0.25) is 0 Å². The van der Waals surface area contributed by atoms with Crippen LogP contribution in [0.15, 0.2) is 29.2 Å². The maximum absolute atomic E-state index is 12.9. The molecule has 2 aliphatic rings. The van der Waals surface area contributed by atoms with Crippen molar-refractivity contribution < 1.29 is 18.0 Å². The van der Waals surface area contributed by atoms with Gasteiger partial charge in [0.25, 0.3) is 0 Å². The summed E-state index contributed by atoms with van der Waals surface area (Å²) < 4.78 is 27.3. The monoisotopic (exact) mass is 436 g/mol. The Morgan fingerprint density at radius 3 is 2.03 bits per heavy atom. The van der Waals surface area contributed by atoms with Gasteiger partial charge in [0.15, 0.2) is 0 Å². The lowest BCUT2D eigenvalue weighted by atomic mass is 9.96. The van der Waals surface area contributed by atoms with Gasteiger partial charge in [-0.25, -0.2) is 13.2 Å². The first-order valence-electron chi connectivity index (χ1n) is 10.7. The Hall–Kier alpha value is -2.13. The van der Waals surface area contributed by atoms with Crippen LogP contribution >= 0.6 is 0 Å². The summed E-state index contributed by atoms with van der Waals surface area (Å²) in [6.07, 6.45) is 5.16. The predicted molar refractivity (Wildman–Crippen MR) is 116 cm³/mol. The van der Waals surface area contributed by atoms with E-state index in [-0.39, 0.29) is 22.8 Å².